The second kappa shape index (κ2) is 19.0. The summed E-state index contributed by atoms with van der Waals surface area (Å²) >= 11 is 3.82. The van der Waals surface area contributed by atoms with E-state index in [0.29, 0.717) is 0 Å². The lowest BCUT2D eigenvalue weighted by molar-refractivity contribution is -0.147. The first-order chi connectivity index (χ1) is 15.6. The molecule has 1 amide bonds. The van der Waals surface area contributed by atoms with E-state index in [-0.39, 0.29) is 23.0 Å². The van der Waals surface area contributed by atoms with E-state index in [1.807, 2.05) is 5.32 Å². The van der Waals surface area contributed by atoms with Crippen molar-refractivity contribution in [3.05, 3.63) is 0 Å². The van der Waals surface area contributed by atoms with E-state index in [2.05, 4.69) is 0 Å². The third-order valence-corrected chi connectivity index (χ3v) is 9.14. The lowest BCUT2D eigenvalue weighted by atomic mass is 10.2. The Kier molecular flexibility index (Phi) is 19.0. The van der Waals surface area contributed by atoms with Gasteiger partial charge < -0.3 is 36.0 Å². The Morgan fingerprint density at radius 3 is 1.06 bits per heavy atom. The van der Waals surface area contributed by atoms with E-state index in [4.69, 9.17) is 30.6 Å². The van der Waals surface area contributed by atoms with Crippen LogP contribution in [-0.2, 0) is 33.6 Å². The SMILES string of the molecule is CC(=O)N[C@@H](CC(=O)O)C(=O)O.O=C(O)CSC(SCC(=O)O)C(SCC(=O)O)SCC(=O)O. The van der Waals surface area contributed by atoms with E-state index >= 15 is 0 Å². The molecule has 0 radical (unpaired) electrons. The number of carbonyl (C=O) groups excluding carboxylic acids is 1. The van der Waals surface area contributed by atoms with Crippen LogP contribution in [0.4, 0.5) is 0 Å². The number of carbonyl (C=O) groups is 7. The Bertz CT molecular complexity index is 658. The standard InChI is InChI=1S/C10H14O8S4.C6H9NO5/c11-5(12)1-19-9(20-2-6(13)14)10(21-3-7(15)16)22-4-8(17)18;1-3(8)7-4(6(11)12)2-5(9)10/h9-10H,1-4H2,(H,11,12)(H,13,14)(H,15,16)(H,17,18);4H,2H2,1H3,(H,7,8)(H,9,10)(H,11,12)/t;4-/m.0/s1. The van der Waals surface area contributed by atoms with Gasteiger partial charge in [0.2, 0.25) is 5.91 Å². The minimum absolute atomic E-state index is 0.283. The second-order valence-corrected chi connectivity index (χ2v) is 10.9. The molecule has 0 unspecified atom stereocenters. The van der Waals surface area contributed by atoms with Gasteiger partial charge in [-0.1, -0.05) is 0 Å². The molecule has 194 valence electrons. The highest BCUT2D eigenvalue weighted by Gasteiger charge is 2.27. The van der Waals surface area contributed by atoms with Crippen molar-refractivity contribution in [2.24, 2.45) is 0 Å². The molecule has 0 fully saturated rings. The third-order valence-electron chi connectivity index (χ3n) is 2.76. The third kappa shape index (κ3) is 21.5. The van der Waals surface area contributed by atoms with E-state index in [9.17, 15) is 33.6 Å². The average Bonchev–Trinajstić information content (AvgIpc) is 2.67. The van der Waals surface area contributed by atoms with E-state index in [1.165, 1.54) is 0 Å². The van der Waals surface area contributed by atoms with Crippen LogP contribution in [0.3, 0.4) is 0 Å². The Hall–Kier alpha value is -2.31. The zero-order chi connectivity index (χ0) is 26.8. The monoisotopic (exact) mass is 565 g/mol. The number of thioether (sulfide) groups is 4. The molecular weight excluding hydrogens is 542 g/mol. The second-order valence-electron chi connectivity index (χ2n) is 5.74. The van der Waals surface area contributed by atoms with Gasteiger partial charge in [0, 0.05) is 6.92 Å². The van der Waals surface area contributed by atoms with Gasteiger partial charge in [-0.15, -0.1) is 47.0 Å². The van der Waals surface area contributed by atoms with Gasteiger partial charge >= 0.3 is 35.8 Å². The fraction of sp³-hybridized carbons (Fsp3) is 0.562. The molecule has 0 aromatic heterocycles. The maximum Gasteiger partial charge on any atom is 0.326 e. The lowest BCUT2D eigenvalue weighted by Gasteiger charge is -2.23. The summed E-state index contributed by atoms with van der Waals surface area (Å²) in [5.41, 5.74) is 0. The minimum Gasteiger partial charge on any atom is -0.481 e. The molecule has 0 aliphatic heterocycles. The van der Waals surface area contributed by atoms with E-state index < -0.39 is 63.3 Å². The lowest BCUT2D eigenvalue weighted by Crippen LogP contribution is -2.41. The molecule has 0 rings (SSSR count). The van der Waals surface area contributed by atoms with Crippen molar-refractivity contribution < 1.29 is 64.2 Å². The number of carboxylic acid groups (broad SMARTS) is 6. The highest BCUT2D eigenvalue weighted by Crippen LogP contribution is 2.39. The van der Waals surface area contributed by atoms with Crippen molar-refractivity contribution in [2.75, 3.05) is 23.0 Å². The van der Waals surface area contributed by atoms with E-state index in [0.717, 1.165) is 54.0 Å². The number of amides is 1. The first-order valence-electron chi connectivity index (χ1n) is 8.70. The van der Waals surface area contributed by atoms with Gasteiger partial charge in [0.1, 0.15) is 6.04 Å². The maximum atomic E-state index is 10.6. The van der Waals surface area contributed by atoms with Crippen LogP contribution in [0.5, 0.6) is 0 Å². The van der Waals surface area contributed by atoms with Gasteiger partial charge in [-0.3, -0.25) is 28.8 Å². The molecule has 14 nitrogen and oxygen atoms in total. The zero-order valence-electron chi connectivity index (χ0n) is 17.4. The molecule has 0 saturated carbocycles. The first kappa shape index (κ1) is 33.9. The van der Waals surface area contributed by atoms with Crippen LogP contribution in [0.25, 0.3) is 0 Å². The van der Waals surface area contributed by atoms with Crippen LogP contribution >= 0.6 is 47.0 Å². The number of nitrogens with one attached hydrogen (secondary N) is 1. The maximum absolute atomic E-state index is 10.6. The molecule has 34 heavy (non-hydrogen) atoms. The van der Waals surface area contributed by atoms with Crippen LogP contribution in [0.15, 0.2) is 0 Å². The molecule has 0 aromatic rings. The van der Waals surface area contributed by atoms with Gasteiger partial charge in [-0.25, -0.2) is 4.79 Å². The van der Waals surface area contributed by atoms with Gasteiger partial charge in [-0.2, -0.15) is 0 Å². The molecule has 0 aromatic carbocycles. The molecule has 1 atom stereocenters. The van der Waals surface area contributed by atoms with Crippen molar-refractivity contribution in [3.63, 3.8) is 0 Å². The molecule has 0 aliphatic carbocycles. The quantitative estimate of drug-likeness (QED) is 0.114. The van der Waals surface area contributed by atoms with Crippen molar-refractivity contribution in [2.45, 2.75) is 28.6 Å². The number of hydrogen-bond acceptors (Lipinski definition) is 11. The molecule has 0 spiro atoms. The molecular formula is C16H23NO13S4. The summed E-state index contributed by atoms with van der Waals surface area (Å²) in [7, 11) is 0. The Balaban J connectivity index is 0. The van der Waals surface area contributed by atoms with Crippen molar-refractivity contribution in [3.8, 4) is 0 Å². The first-order valence-corrected chi connectivity index (χ1v) is 12.9. The largest absolute Gasteiger partial charge is 0.481 e. The number of hydrogen-bond donors (Lipinski definition) is 7. The Morgan fingerprint density at radius 1 is 0.588 bits per heavy atom. The fourth-order valence-electron chi connectivity index (χ4n) is 1.64. The Morgan fingerprint density at radius 2 is 0.882 bits per heavy atom. The van der Waals surface area contributed by atoms with E-state index in [1.54, 1.807) is 0 Å². The van der Waals surface area contributed by atoms with Crippen LogP contribution < -0.4 is 5.32 Å². The summed E-state index contributed by atoms with van der Waals surface area (Å²) in [5, 5.41) is 53.5. The molecule has 0 saturated heterocycles. The summed E-state index contributed by atoms with van der Waals surface area (Å²) in [6.07, 6.45) is -0.616. The van der Waals surface area contributed by atoms with Crippen LogP contribution in [0, 0.1) is 0 Å². The summed E-state index contributed by atoms with van der Waals surface area (Å²) in [4.78, 5) is 73.3. The topological polar surface area (TPSA) is 253 Å². The summed E-state index contributed by atoms with van der Waals surface area (Å²) in [5.74, 6) is -8.67. The molecule has 0 aliphatic rings. The zero-order valence-corrected chi connectivity index (χ0v) is 20.7. The van der Waals surface area contributed by atoms with Crippen LogP contribution in [0.1, 0.15) is 13.3 Å². The summed E-state index contributed by atoms with van der Waals surface area (Å²) in [6.45, 7) is 1.12. The van der Waals surface area contributed by atoms with Crippen LogP contribution in [0.2, 0.25) is 0 Å². The highest BCUT2D eigenvalue weighted by molar-refractivity contribution is 8.24. The van der Waals surface area contributed by atoms with Gasteiger partial charge in [0.25, 0.3) is 0 Å². The molecule has 0 bridgehead atoms. The Labute approximate surface area is 209 Å². The van der Waals surface area contributed by atoms with Crippen molar-refractivity contribution >= 4 is 88.8 Å². The van der Waals surface area contributed by atoms with Gasteiger partial charge in [-0.05, 0) is 0 Å². The number of aliphatic carboxylic acids is 6. The van der Waals surface area contributed by atoms with Crippen LogP contribution in [-0.4, -0.2) is 111 Å². The predicted molar refractivity (Wildman–Crippen MR) is 125 cm³/mol. The smallest absolute Gasteiger partial charge is 0.326 e. The predicted octanol–water partition coefficient (Wildman–Crippen LogP) is -0.0398. The van der Waals surface area contributed by atoms with Gasteiger partial charge in [0.15, 0.2) is 0 Å². The number of carboxylic acids is 6. The number of rotatable bonds is 17. The average molecular weight is 566 g/mol. The fourth-order valence-corrected chi connectivity index (χ4v) is 6.97. The molecule has 7 N–H and O–H groups in total. The van der Waals surface area contributed by atoms with Crippen molar-refractivity contribution in [1.82, 2.24) is 5.32 Å². The molecule has 0 heterocycles. The summed E-state index contributed by atoms with van der Waals surface area (Å²) in [6, 6.07) is -1.35. The van der Waals surface area contributed by atoms with Gasteiger partial charge in [0.05, 0.1) is 38.6 Å². The minimum atomic E-state index is -1.35. The normalized spacial score (nSPS) is 11.1. The summed E-state index contributed by atoms with van der Waals surface area (Å²) < 4.78 is -1.11. The van der Waals surface area contributed by atoms with Crippen molar-refractivity contribution in [1.29, 1.82) is 0 Å². The molecule has 18 heteroatoms. The highest BCUT2D eigenvalue weighted by atomic mass is 32.2.